The van der Waals surface area contributed by atoms with Gasteiger partial charge >= 0.3 is 23.9 Å². The van der Waals surface area contributed by atoms with Crippen LogP contribution >= 0.6 is 0 Å². The first-order valence-electron chi connectivity index (χ1n) is 59.1. The van der Waals surface area contributed by atoms with Crippen LogP contribution in [-0.4, -0.2) is 144 Å². The van der Waals surface area contributed by atoms with Gasteiger partial charge < -0.3 is 68.8 Å². The van der Waals surface area contributed by atoms with Crippen LogP contribution < -0.4 is 0 Å². The van der Waals surface area contributed by atoms with Crippen molar-refractivity contribution in [3.63, 3.8) is 0 Å². The number of aldehydes is 4. The van der Waals surface area contributed by atoms with Crippen molar-refractivity contribution in [1.82, 2.24) is 0 Å². The Morgan fingerprint density at radius 2 is 0.588 bits per heavy atom. The van der Waals surface area contributed by atoms with Gasteiger partial charge in [0.05, 0.1) is 54.1 Å². The van der Waals surface area contributed by atoms with Gasteiger partial charge in [0.2, 0.25) is 0 Å². The number of fused-ring (bicyclic) bond motifs is 28. The molecule has 0 bridgehead atoms. The Morgan fingerprint density at radius 1 is 0.324 bits per heavy atom. The third-order valence-electron chi connectivity index (χ3n) is 51.5. The lowest BCUT2D eigenvalue weighted by Crippen LogP contribution is -2.65. The molecule has 0 spiro atoms. The second kappa shape index (κ2) is 40.4. The van der Waals surface area contributed by atoms with E-state index in [2.05, 4.69) is 183 Å². The number of aliphatic hydroxyl groups excluding tert-OH is 4. The van der Waals surface area contributed by atoms with Crippen LogP contribution in [0.3, 0.4) is 0 Å². The third-order valence-corrected chi connectivity index (χ3v) is 51.5. The van der Waals surface area contributed by atoms with Crippen molar-refractivity contribution in [1.29, 1.82) is 0 Å². The molecule has 0 radical (unpaired) electrons. The van der Waals surface area contributed by atoms with E-state index in [0.29, 0.717) is 111 Å². The maximum absolute atomic E-state index is 13.9. The van der Waals surface area contributed by atoms with Gasteiger partial charge in [-0.1, -0.05) is 232 Å². The summed E-state index contributed by atoms with van der Waals surface area (Å²) in [7, 11) is 3.54. The van der Waals surface area contributed by atoms with Crippen LogP contribution in [0.25, 0.3) is 0 Å². The Labute approximate surface area is 893 Å². The number of rotatable bonds is 14. The molecule has 40 atom stereocenters. The van der Waals surface area contributed by atoms with Gasteiger partial charge in [0.15, 0.2) is 0 Å². The monoisotopic (exact) mass is 2050 g/mol. The molecule has 0 heterocycles. The summed E-state index contributed by atoms with van der Waals surface area (Å²) in [5.74, 6) is 3.42. The molecule has 148 heavy (non-hydrogen) atoms. The topological polar surface area (TPSA) is 295 Å². The van der Waals surface area contributed by atoms with Gasteiger partial charge in [-0.2, -0.15) is 0 Å². The van der Waals surface area contributed by atoms with Crippen molar-refractivity contribution in [3.05, 3.63) is 71.9 Å². The van der Waals surface area contributed by atoms with E-state index < -0.39 is 68.8 Å². The fourth-order valence-corrected chi connectivity index (χ4v) is 42.3. The molecule has 18 heteroatoms. The molecule has 20 aliphatic carbocycles. The maximum Gasteiger partial charge on any atom is 0.315 e. The van der Waals surface area contributed by atoms with Gasteiger partial charge in [0.1, 0.15) is 53.4 Å². The minimum absolute atomic E-state index is 0. The Hall–Kier alpha value is -5.24. The first-order valence-corrected chi connectivity index (χ1v) is 59.1. The predicted octanol–water partition coefficient (Wildman–Crippen LogP) is 27.2. The zero-order chi connectivity index (χ0) is 108. The summed E-state index contributed by atoms with van der Waals surface area (Å²) in [6.45, 7) is 62.8. The summed E-state index contributed by atoms with van der Waals surface area (Å²) in [6.07, 6.45) is 49.1. The summed E-state index contributed by atoms with van der Waals surface area (Å²) >= 11 is 0. The van der Waals surface area contributed by atoms with Crippen molar-refractivity contribution in [2.75, 3.05) is 27.4 Å². The molecule has 16 saturated carbocycles. The van der Waals surface area contributed by atoms with Crippen LogP contribution in [0.1, 0.15) is 411 Å². The third kappa shape index (κ3) is 17.3. The highest BCUT2D eigenvalue weighted by molar-refractivity contribution is 5.81. The molecule has 18 nitrogen and oxygen atoms in total. The summed E-state index contributed by atoms with van der Waals surface area (Å²) in [6, 6.07) is 0. The molecule has 20 aliphatic rings. The normalized spacial score (nSPS) is 50.2. The first-order chi connectivity index (χ1) is 68.6. The highest BCUT2D eigenvalue weighted by Gasteiger charge is 2.76. The molecule has 6 N–H and O–H groups in total. The lowest BCUT2D eigenvalue weighted by Gasteiger charge is -2.68. The van der Waals surface area contributed by atoms with E-state index in [1.54, 1.807) is 20.3 Å². The number of carbonyl (C=O) groups is 8. The average molecular weight is 2060 g/mol. The lowest BCUT2D eigenvalue weighted by atomic mass is 9.36. The Balaban J connectivity index is 0.000000146. The first kappa shape index (κ1) is 117. The van der Waals surface area contributed by atoms with Gasteiger partial charge in [0.25, 0.3) is 0 Å². The molecule has 832 valence electrons. The van der Waals surface area contributed by atoms with Crippen molar-refractivity contribution in [2.45, 2.75) is 448 Å². The van der Waals surface area contributed by atoms with Crippen molar-refractivity contribution < 1.29 is 87.9 Å². The maximum atomic E-state index is 13.9. The largest absolute Gasteiger partial charge is 0.481 e. The highest BCUT2D eigenvalue weighted by atomic mass is 16.5. The summed E-state index contributed by atoms with van der Waals surface area (Å²) in [5, 5.41) is 66.0. The molecule has 0 aromatic heterocycles. The second-order valence-electron chi connectivity index (χ2n) is 59.7. The standard InChI is InChI=1S/C34H52O4.C31H48O5.C31H48O4.C29H44O5.C4H8.CH4/c1-9-18-38-29(36)34-17-16-30(3,4)20-25(34)23-10-11-26-31(5,24(23)19-28(34)37-8)15-13-27-32(26,6)14-12-22(2)33(27,7)21-35;1-7-36-26(35)31-15-14-27(2,3)17-21(31)19-8-9-22-28(4,20(19)16-25(31)34)12-10-23-29(22,5)13-11-24(33)30(23,6)18-32;1-19-10-12-29(5)23-9-8-20-21(28(23,4)13-11-24(29)30(19,6)18-32)16-25(35-7)31(26(33)34)15-14-27(2,3)17-22(20)31;1-25(2)12-13-29(24(33)34)19(15-25)17-6-7-20-26(3,18(17)14-23(29)32)10-8-21-27(20,4)11-9-22(31)28(21,5)16-30;1-3-4-2;/h9-10,21-22,24-28H,1,11-20H2,2-8H3;8,18,20-25,33-34H,7,9-17H2,1-6H3;8,18-19,21-25H,9-17H2,1-7H3,(H,33,34);6,16,18-23,31-32H,7-15H2,1-5H3,(H,33,34);3H,1,4H2,2H3;1H4/t22-,24+,25?,26?,27+,28?,31+,32?,33-,34+;20-,21?,22?,23-,24+,25?,28-,29?,30-,31-;19-,21+,22?,23?,24+,25?,28+,29?,30-,31+;18-,19?,20?,21-,22+,23?,26-,27?,28-,29-;;/m0101../s1. The van der Waals surface area contributed by atoms with E-state index in [4.69, 9.17) is 18.9 Å². The van der Waals surface area contributed by atoms with Gasteiger partial charge in [-0.3, -0.25) is 19.2 Å². The summed E-state index contributed by atoms with van der Waals surface area (Å²) in [4.78, 5) is 103. The second-order valence-corrected chi connectivity index (χ2v) is 59.7. The van der Waals surface area contributed by atoms with Crippen molar-refractivity contribution in [3.8, 4) is 0 Å². The number of carboxylic acid groups (broad SMARTS) is 2. The van der Waals surface area contributed by atoms with Gasteiger partial charge in [-0.05, 0) is 416 Å². The fraction of sp³-hybridized carbons (Fsp3) is 0.846. The van der Waals surface area contributed by atoms with Crippen molar-refractivity contribution in [2.24, 2.45) is 215 Å². The molecular weight excluding hydrogens is 1850 g/mol. The molecule has 0 aromatic rings. The Morgan fingerprint density at radius 3 is 0.899 bits per heavy atom. The van der Waals surface area contributed by atoms with Gasteiger partial charge in [0, 0.05) is 25.0 Å². The Kier molecular flexibility index (Phi) is 31.8. The number of hydrogen-bond donors (Lipinski definition) is 6. The minimum Gasteiger partial charge on any atom is -0.481 e. The zero-order valence-corrected chi connectivity index (χ0v) is 96.2. The summed E-state index contributed by atoms with van der Waals surface area (Å²) < 4.78 is 23.9. The molecule has 0 amide bonds. The highest BCUT2D eigenvalue weighted by Crippen LogP contribution is 2.80. The van der Waals surface area contributed by atoms with Gasteiger partial charge in [-0.25, -0.2) is 0 Å². The van der Waals surface area contributed by atoms with E-state index in [1.165, 1.54) is 47.7 Å². The van der Waals surface area contributed by atoms with Crippen LogP contribution in [-0.2, 0) is 57.3 Å². The molecule has 16 fully saturated rings. The van der Waals surface area contributed by atoms with E-state index >= 15 is 0 Å². The smallest absolute Gasteiger partial charge is 0.315 e. The van der Waals surface area contributed by atoms with Crippen molar-refractivity contribution >= 4 is 49.0 Å². The van der Waals surface area contributed by atoms with Crippen LogP contribution in [0.15, 0.2) is 71.9 Å². The Bertz CT molecular complexity index is 5120. The van der Waals surface area contributed by atoms with E-state index in [9.17, 15) is 69.0 Å². The molecule has 0 saturated heterocycles. The molecule has 20 rings (SSSR count). The van der Waals surface area contributed by atoms with Crippen LogP contribution in [0.5, 0.6) is 0 Å². The number of allylic oxidation sites excluding steroid dienone is 9. The number of methoxy groups -OCH3 is 2. The summed E-state index contributed by atoms with van der Waals surface area (Å²) in [5.41, 5.74) is 1.45. The number of carbonyl (C=O) groups excluding carboxylic acids is 6. The van der Waals surface area contributed by atoms with Crippen LogP contribution in [0.2, 0.25) is 0 Å². The van der Waals surface area contributed by atoms with Crippen LogP contribution in [0.4, 0.5) is 0 Å². The molecule has 0 aliphatic heterocycles. The molecule has 16 unspecified atom stereocenters. The van der Waals surface area contributed by atoms with E-state index in [1.807, 2.05) is 26.8 Å². The van der Waals surface area contributed by atoms with Gasteiger partial charge in [-0.15, -0.1) is 6.58 Å². The number of esters is 2. The minimum atomic E-state index is -1.06. The number of aliphatic carboxylic acids is 2. The lowest BCUT2D eigenvalue weighted by molar-refractivity contribution is -0.202. The number of hydrogen-bond acceptors (Lipinski definition) is 16. The quantitative estimate of drug-likeness (QED) is 0.0535. The molecular formula is C130H204O18. The number of carboxylic acids is 2. The van der Waals surface area contributed by atoms with Crippen LogP contribution in [0, 0.1) is 215 Å². The zero-order valence-electron chi connectivity index (χ0n) is 96.2. The average Bonchev–Trinajstić information content (AvgIpc) is 0.691. The predicted molar refractivity (Wildman–Crippen MR) is 585 cm³/mol. The number of aliphatic hydroxyl groups is 4. The fourth-order valence-electron chi connectivity index (χ4n) is 42.3. The van der Waals surface area contributed by atoms with E-state index in [0.717, 1.165) is 192 Å². The SMILES string of the molecule is C.C=CCC.C=CCOC(=O)[C@]12CCC(C)(C)CC1C1=CCC3C4(C)CC[C@H](C)[C@](C)(C=O)[C@@H]4CC[C@]3(C)[C@@H]1CC2OC.CC1(C)CC[C@]2(C(=O)O)C(O)C[C@@H]3C(=CCC4C5(C)CC[C@H](O)[C@](C)(C=O)[C@@H]5CC[C@@]43C)C2C1.CCOC(=O)[C@]12CCC(C)(C)CC1C1=CCC3C4(C)CC[C@H](O)[C@](C)(C=O)[C@@H]4CC[C@]3(C)[C@@H]1CC2O.COC1C[C@@H]2C(=CCC3C4(C)CC[C@H](C)[C@](C)(C=O)[C@@H]4CC[C@@]32C)C2CC(C)(C)CC[C@]12C(=O)O. The number of ether oxygens (including phenoxy) is 4. The van der Waals surface area contributed by atoms with E-state index in [-0.39, 0.29) is 161 Å². The molecule has 0 aromatic carbocycles.